The second-order valence-electron chi connectivity index (χ2n) is 6.59. The first-order chi connectivity index (χ1) is 12.1. The standard InChI is InChI=1S/C17H25N7O/c1-23(2)14-6-9-24(11-14)12-16(25)19-8-5-15-20-17(22-21-15)13-4-3-7-18-10-13/h3-4,7,10,14H,5-6,8-9,11-12H2,1-2H3,(H,19,25)(H,20,21,22)/t14-/m0/s1. The van der Waals surface area contributed by atoms with Gasteiger partial charge in [0.2, 0.25) is 5.91 Å². The Balaban J connectivity index is 1.40. The van der Waals surface area contributed by atoms with Gasteiger partial charge in [0.15, 0.2) is 5.82 Å². The van der Waals surface area contributed by atoms with Crippen LogP contribution in [0.25, 0.3) is 11.4 Å². The Morgan fingerprint density at radius 3 is 3.08 bits per heavy atom. The van der Waals surface area contributed by atoms with Crippen LogP contribution in [0.3, 0.4) is 0 Å². The molecule has 2 N–H and O–H groups in total. The van der Waals surface area contributed by atoms with Crippen molar-refractivity contribution in [1.82, 2.24) is 35.3 Å². The summed E-state index contributed by atoms with van der Waals surface area (Å²) in [6.45, 7) is 2.94. The Morgan fingerprint density at radius 1 is 1.48 bits per heavy atom. The normalized spacial score (nSPS) is 18.0. The molecule has 0 aliphatic carbocycles. The molecular weight excluding hydrogens is 318 g/mol. The number of aromatic amines is 1. The number of hydrogen-bond donors (Lipinski definition) is 2. The molecule has 1 aliphatic heterocycles. The highest BCUT2D eigenvalue weighted by Gasteiger charge is 2.25. The van der Waals surface area contributed by atoms with E-state index in [1.54, 1.807) is 12.4 Å². The molecule has 3 rings (SSSR count). The van der Waals surface area contributed by atoms with Crippen molar-refractivity contribution < 1.29 is 4.79 Å². The Hall–Kier alpha value is -2.32. The lowest BCUT2D eigenvalue weighted by molar-refractivity contribution is -0.122. The zero-order chi connectivity index (χ0) is 17.6. The smallest absolute Gasteiger partial charge is 0.234 e. The number of likely N-dealkylation sites (N-methyl/N-ethyl adjacent to an activating group) is 1. The van der Waals surface area contributed by atoms with Crippen LogP contribution < -0.4 is 5.32 Å². The van der Waals surface area contributed by atoms with Crippen molar-refractivity contribution in [3.05, 3.63) is 30.4 Å². The molecule has 0 spiro atoms. The number of hydrogen-bond acceptors (Lipinski definition) is 6. The summed E-state index contributed by atoms with van der Waals surface area (Å²) in [6.07, 6.45) is 5.19. The van der Waals surface area contributed by atoms with E-state index in [0.717, 1.165) is 30.9 Å². The van der Waals surface area contributed by atoms with E-state index in [0.29, 0.717) is 31.4 Å². The fourth-order valence-electron chi connectivity index (χ4n) is 2.99. The molecule has 1 aliphatic rings. The predicted molar refractivity (Wildman–Crippen MR) is 94.9 cm³/mol. The van der Waals surface area contributed by atoms with Gasteiger partial charge in [0.05, 0.1) is 6.54 Å². The van der Waals surface area contributed by atoms with Crippen LogP contribution in [-0.4, -0.2) is 82.2 Å². The van der Waals surface area contributed by atoms with Crippen LogP contribution in [0.15, 0.2) is 24.5 Å². The Bertz CT molecular complexity index is 685. The van der Waals surface area contributed by atoms with Crippen LogP contribution in [0.5, 0.6) is 0 Å². The summed E-state index contributed by atoms with van der Waals surface area (Å²) in [5, 5.41) is 10.1. The fourth-order valence-corrected chi connectivity index (χ4v) is 2.99. The Labute approximate surface area is 147 Å². The van der Waals surface area contributed by atoms with Crippen molar-refractivity contribution in [2.75, 3.05) is 40.3 Å². The Morgan fingerprint density at radius 2 is 2.36 bits per heavy atom. The van der Waals surface area contributed by atoms with E-state index < -0.39 is 0 Å². The maximum absolute atomic E-state index is 12.1. The molecule has 0 bridgehead atoms. The van der Waals surface area contributed by atoms with Crippen LogP contribution >= 0.6 is 0 Å². The van der Waals surface area contributed by atoms with Crippen molar-refractivity contribution in [3.63, 3.8) is 0 Å². The predicted octanol–water partition coefficient (Wildman–Crippen LogP) is 0.161. The van der Waals surface area contributed by atoms with Gasteiger partial charge in [-0.05, 0) is 32.6 Å². The molecule has 2 aromatic heterocycles. The molecule has 8 nitrogen and oxygen atoms in total. The maximum Gasteiger partial charge on any atom is 0.234 e. The number of pyridine rings is 1. The second-order valence-corrected chi connectivity index (χ2v) is 6.59. The van der Waals surface area contributed by atoms with Gasteiger partial charge in [-0.1, -0.05) is 0 Å². The minimum atomic E-state index is 0.0615. The first kappa shape index (κ1) is 17.5. The van der Waals surface area contributed by atoms with E-state index in [9.17, 15) is 4.79 Å². The highest BCUT2D eigenvalue weighted by atomic mass is 16.2. The van der Waals surface area contributed by atoms with Gasteiger partial charge < -0.3 is 10.2 Å². The van der Waals surface area contributed by atoms with Gasteiger partial charge in [-0.25, -0.2) is 4.98 Å². The number of likely N-dealkylation sites (tertiary alicyclic amines) is 1. The van der Waals surface area contributed by atoms with Gasteiger partial charge in [-0.2, -0.15) is 5.10 Å². The molecule has 8 heteroatoms. The summed E-state index contributed by atoms with van der Waals surface area (Å²) in [7, 11) is 4.18. The maximum atomic E-state index is 12.1. The van der Waals surface area contributed by atoms with Crippen molar-refractivity contribution in [2.45, 2.75) is 18.9 Å². The average Bonchev–Trinajstić information content (AvgIpc) is 3.25. The van der Waals surface area contributed by atoms with Crippen LogP contribution in [0, 0.1) is 0 Å². The highest BCUT2D eigenvalue weighted by molar-refractivity contribution is 5.78. The molecule has 0 aromatic carbocycles. The lowest BCUT2D eigenvalue weighted by atomic mass is 10.2. The number of rotatable bonds is 7. The lowest BCUT2D eigenvalue weighted by Crippen LogP contribution is -2.38. The molecule has 134 valence electrons. The summed E-state index contributed by atoms with van der Waals surface area (Å²) in [5.41, 5.74) is 0.874. The third kappa shape index (κ3) is 4.83. The third-order valence-corrected chi connectivity index (χ3v) is 4.48. The monoisotopic (exact) mass is 343 g/mol. The quantitative estimate of drug-likeness (QED) is 0.744. The summed E-state index contributed by atoms with van der Waals surface area (Å²) in [4.78, 5) is 25.0. The van der Waals surface area contributed by atoms with E-state index >= 15 is 0 Å². The molecular formula is C17H25N7O. The molecule has 0 saturated carbocycles. The summed E-state index contributed by atoms with van der Waals surface area (Å²) in [5.74, 6) is 1.45. The van der Waals surface area contributed by atoms with Gasteiger partial charge in [0.1, 0.15) is 5.82 Å². The van der Waals surface area contributed by atoms with Gasteiger partial charge >= 0.3 is 0 Å². The number of carbonyl (C=O) groups is 1. The first-order valence-electron chi connectivity index (χ1n) is 8.59. The van der Waals surface area contributed by atoms with Crippen LogP contribution in [0.4, 0.5) is 0 Å². The summed E-state index contributed by atoms with van der Waals surface area (Å²) in [6, 6.07) is 4.32. The molecule has 1 saturated heterocycles. The van der Waals surface area contributed by atoms with E-state index in [-0.39, 0.29) is 5.91 Å². The molecule has 0 unspecified atom stereocenters. The minimum absolute atomic E-state index is 0.0615. The fraction of sp³-hybridized carbons (Fsp3) is 0.529. The SMILES string of the molecule is CN(C)[C@H]1CCN(CC(=O)NCCc2nc(-c3cccnc3)n[nH]2)C1. The number of nitrogens with one attached hydrogen (secondary N) is 2. The van der Waals surface area contributed by atoms with Crippen LogP contribution in [0.1, 0.15) is 12.2 Å². The molecule has 1 amide bonds. The van der Waals surface area contributed by atoms with E-state index in [1.807, 2.05) is 12.1 Å². The number of aromatic nitrogens is 4. The zero-order valence-corrected chi connectivity index (χ0v) is 14.8. The number of amides is 1. The minimum Gasteiger partial charge on any atom is -0.355 e. The van der Waals surface area contributed by atoms with Crippen LogP contribution in [-0.2, 0) is 11.2 Å². The molecule has 25 heavy (non-hydrogen) atoms. The van der Waals surface area contributed by atoms with Gasteiger partial charge in [0.25, 0.3) is 0 Å². The molecule has 1 atom stereocenters. The largest absolute Gasteiger partial charge is 0.355 e. The summed E-state index contributed by atoms with van der Waals surface area (Å²) >= 11 is 0. The first-order valence-corrected chi connectivity index (χ1v) is 8.59. The van der Waals surface area contributed by atoms with E-state index in [4.69, 9.17) is 0 Å². The second kappa shape index (κ2) is 8.17. The van der Waals surface area contributed by atoms with Crippen molar-refractivity contribution >= 4 is 5.91 Å². The van der Waals surface area contributed by atoms with Gasteiger partial charge in [-0.3, -0.25) is 19.8 Å². The van der Waals surface area contributed by atoms with Crippen LogP contribution in [0.2, 0.25) is 0 Å². The molecule has 2 aromatic rings. The zero-order valence-electron chi connectivity index (χ0n) is 14.8. The van der Waals surface area contributed by atoms with E-state index in [1.165, 1.54) is 0 Å². The Kier molecular flexibility index (Phi) is 5.72. The summed E-state index contributed by atoms with van der Waals surface area (Å²) < 4.78 is 0. The van der Waals surface area contributed by atoms with E-state index in [2.05, 4.69) is 49.4 Å². The lowest BCUT2D eigenvalue weighted by Gasteiger charge is -2.20. The topological polar surface area (TPSA) is 90.0 Å². The van der Waals surface area contributed by atoms with Gasteiger partial charge in [-0.15, -0.1) is 0 Å². The average molecular weight is 343 g/mol. The molecule has 1 fully saturated rings. The van der Waals surface area contributed by atoms with Crippen molar-refractivity contribution in [3.8, 4) is 11.4 Å². The van der Waals surface area contributed by atoms with Crippen molar-refractivity contribution in [2.24, 2.45) is 0 Å². The number of H-pyrrole nitrogens is 1. The number of carbonyl (C=O) groups excluding carboxylic acids is 1. The molecule has 3 heterocycles. The third-order valence-electron chi connectivity index (χ3n) is 4.48. The highest BCUT2D eigenvalue weighted by Crippen LogP contribution is 2.13. The molecule has 0 radical (unpaired) electrons. The van der Waals surface area contributed by atoms with Gasteiger partial charge in [0, 0.05) is 50.1 Å². The number of nitrogens with zero attached hydrogens (tertiary/aromatic N) is 5. The van der Waals surface area contributed by atoms with Crippen molar-refractivity contribution in [1.29, 1.82) is 0 Å².